The number of nitrogens with zero attached hydrogens (tertiary/aromatic N) is 3. The van der Waals surface area contributed by atoms with Crippen LogP contribution in [0.1, 0.15) is 28.8 Å². The molecule has 0 radical (unpaired) electrons. The fourth-order valence-electron chi connectivity index (χ4n) is 2.84. The van der Waals surface area contributed by atoms with Gasteiger partial charge in [-0.15, -0.1) is 0 Å². The number of fused-ring (bicyclic) bond motifs is 1. The number of benzene rings is 1. The Hall–Kier alpha value is -2.01. The summed E-state index contributed by atoms with van der Waals surface area (Å²) in [4.78, 5) is 11.4. The molecule has 0 saturated carbocycles. The summed E-state index contributed by atoms with van der Waals surface area (Å²) in [6.07, 6.45) is 4.98. The Balaban J connectivity index is 1.84. The minimum atomic E-state index is 0.433. The van der Waals surface area contributed by atoms with Crippen molar-refractivity contribution < 1.29 is 0 Å². The maximum Gasteiger partial charge on any atom is 0.135 e. The number of rotatable bonds is 4. The lowest BCUT2D eigenvalue weighted by atomic mass is 10.1. The molecular weight excluding hydrogens is 280 g/mol. The van der Waals surface area contributed by atoms with Crippen LogP contribution in [-0.2, 0) is 19.4 Å². The van der Waals surface area contributed by atoms with Crippen LogP contribution < -0.4 is 10.6 Å². The summed E-state index contributed by atoms with van der Waals surface area (Å²) >= 11 is 5.04. The van der Waals surface area contributed by atoms with Gasteiger partial charge < -0.3 is 10.6 Å². The van der Waals surface area contributed by atoms with Crippen LogP contribution >= 0.6 is 12.2 Å². The van der Waals surface area contributed by atoms with Gasteiger partial charge in [-0.25, -0.2) is 9.97 Å². The summed E-state index contributed by atoms with van der Waals surface area (Å²) < 4.78 is 0. The minimum Gasteiger partial charge on any atom is -0.389 e. The van der Waals surface area contributed by atoms with E-state index < -0.39 is 0 Å². The summed E-state index contributed by atoms with van der Waals surface area (Å²) in [6.45, 7) is 0.778. The Morgan fingerprint density at radius 2 is 2.19 bits per heavy atom. The highest BCUT2D eigenvalue weighted by Gasteiger charge is 2.19. The maximum absolute atomic E-state index is 5.70. The molecule has 0 aliphatic heterocycles. The van der Waals surface area contributed by atoms with Crippen LogP contribution in [0.15, 0.2) is 30.6 Å². The molecule has 0 amide bonds. The maximum atomic E-state index is 5.70. The molecule has 4 nitrogen and oxygen atoms in total. The first-order valence-corrected chi connectivity index (χ1v) is 7.48. The van der Waals surface area contributed by atoms with Gasteiger partial charge in [0.2, 0.25) is 0 Å². The van der Waals surface area contributed by atoms with Crippen molar-refractivity contribution in [2.45, 2.75) is 25.8 Å². The van der Waals surface area contributed by atoms with Gasteiger partial charge in [-0.2, -0.15) is 0 Å². The first-order chi connectivity index (χ1) is 10.1. The van der Waals surface area contributed by atoms with Gasteiger partial charge in [-0.05, 0) is 30.9 Å². The van der Waals surface area contributed by atoms with Crippen molar-refractivity contribution in [2.24, 2.45) is 5.73 Å². The molecule has 2 aromatic rings. The van der Waals surface area contributed by atoms with E-state index in [1.54, 1.807) is 6.33 Å². The zero-order chi connectivity index (χ0) is 14.8. The predicted molar refractivity (Wildman–Crippen MR) is 88.5 cm³/mol. The highest BCUT2D eigenvalue weighted by Crippen LogP contribution is 2.27. The summed E-state index contributed by atoms with van der Waals surface area (Å²) in [5, 5.41) is 0. The molecule has 108 valence electrons. The van der Waals surface area contributed by atoms with Gasteiger partial charge in [0.25, 0.3) is 0 Å². The normalized spacial score (nSPS) is 13.0. The smallest absolute Gasteiger partial charge is 0.135 e. The quantitative estimate of drug-likeness (QED) is 0.877. The van der Waals surface area contributed by atoms with E-state index in [-0.39, 0.29) is 0 Å². The lowest BCUT2D eigenvalue weighted by Crippen LogP contribution is -2.20. The van der Waals surface area contributed by atoms with Crippen molar-refractivity contribution in [2.75, 3.05) is 11.9 Å². The van der Waals surface area contributed by atoms with Crippen molar-refractivity contribution in [1.29, 1.82) is 0 Å². The van der Waals surface area contributed by atoms with E-state index in [9.17, 15) is 0 Å². The first-order valence-electron chi connectivity index (χ1n) is 7.08. The molecule has 21 heavy (non-hydrogen) atoms. The number of aryl methyl sites for hydroxylation is 1. The van der Waals surface area contributed by atoms with E-state index in [0.29, 0.717) is 4.99 Å². The minimum absolute atomic E-state index is 0.433. The summed E-state index contributed by atoms with van der Waals surface area (Å²) in [6, 6.07) is 8.05. The second-order valence-electron chi connectivity index (χ2n) is 5.40. The lowest BCUT2D eigenvalue weighted by molar-refractivity contribution is 0.870. The van der Waals surface area contributed by atoms with E-state index in [0.717, 1.165) is 30.8 Å². The molecule has 0 spiro atoms. The van der Waals surface area contributed by atoms with Crippen LogP contribution in [-0.4, -0.2) is 22.0 Å². The number of hydrogen-bond acceptors (Lipinski definition) is 4. The Bertz CT molecular complexity index is 684. The molecule has 1 aliphatic rings. The summed E-state index contributed by atoms with van der Waals surface area (Å²) in [7, 11) is 2.06. The first kappa shape index (κ1) is 13.9. The van der Waals surface area contributed by atoms with E-state index in [4.69, 9.17) is 18.0 Å². The zero-order valence-electron chi connectivity index (χ0n) is 12.0. The van der Waals surface area contributed by atoms with Crippen molar-refractivity contribution in [3.8, 4) is 0 Å². The van der Waals surface area contributed by atoms with Crippen molar-refractivity contribution in [3.63, 3.8) is 0 Å². The fraction of sp³-hybridized carbons (Fsp3) is 0.312. The lowest BCUT2D eigenvalue weighted by Gasteiger charge is -2.21. The molecule has 1 aromatic heterocycles. The second-order valence-corrected chi connectivity index (χ2v) is 5.84. The topological polar surface area (TPSA) is 55.0 Å². The van der Waals surface area contributed by atoms with Gasteiger partial charge in [0, 0.05) is 30.4 Å². The van der Waals surface area contributed by atoms with Crippen LogP contribution in [0, 0.1) is 0 Å². The van der Waals surface area contributed by atoms with Gasteiger partial charge in [0.1, 0.15) is 17.1 Å². The molecule has 0 atom stereocenters. The molecule has 1 aromatic carbocycles. The average Bonchev–Trinajstić information content (AvgIpc) is 2.95. The van der Waals surface area contributed by atoms with Crippen LogP contribution in [0.4, 0.5) is 5.82 Å². The van der Waals surface area contributed by atoms with Crippen molar-refractivity contribution in [1.82, 2.24) is 9.97 Å². The van der Waals surface area contributed by atoms with Crippen LogP contribution in [0.3, 0.4) is 0 Å². The van der Waals surface area contributed by atoms with Gasteiger partial charge in [-0.3, -0.25) is 0 Å². The van der Waals surface area contributed by atoms with Crippen LogP contribution in [0.5, 0.6) is 0 Å². The van der Waals surface area contributed by atoms with Crippen LogP contribution in [0.2, 0.25) is 0 Å². The third-order valence-electron chi connectivity index (χ3n) is 3.85. The second kappa shape index (κ2) is 5.77. The number of nitrogens with two attached hydrogens (primary N) is 1. The van der Waals surface area contributed by atoms with E-state index in [1.165, 1.54) is 23.2 Å². The Morgan fingerprint density at radius 1 is 1.33 bits per heavy atom. The Morgan fingerprint density at radius 3 is 3.00 bits per heavy atom. The van der Waals surface area contributed by atoms with Crippen molar-refractivity contribution >= 4 is 23.0 Å². The molecule has 1 heterocycles. The van der Waals surface area contributed by atoms with Gasteiger partial charge in [0.05, 0.1) is 0 Å². The zero-order valence-corrected chi connectivity index (χ0v) is 12.9. The molecular formula is C16H18N4S. The number of anilines is 1. The Kier molecular flexibility index (Phi) is 3.84. The average molecular weight is 298 g/mol. The number of thiocarbonyl (C=S) groups is 1. The third kappa shape index (κ3) is 2.88. The van der Waals surface area contributed by atoms with Crippen molar-refractivity contribution in [3.05, 3.63) is 53.0 Å². The van der Waals surface area contributed by atoms with E-state index in [2.05, 4.69) is 28.0 Å². The molecule has 0 saturated heterocycles. The monoisotopic (exact) mass is 298 g/mol. The summed E-state index contributed by atoms with van der Waals surface area (Å²) in [5.41, 5.74) is 10.3. The molecule has 0 bridgehead atoms. The van der Waals surface area contributed by atoms with Gasteiger partial charge in [0.15, 0.2) is 0 Å². The highest BCUT2D eigenvalue weighted by atomic mass is 32.1. The SMILES string of the molecule is CN(Cc1cccc(C(N)=S)c1)c1ncnc2c1CCC2. The molecule has 2 N–H and O–H groups in total. The largest absolute Gasteiger partial charge is 0.389 e. The number of aromatic nitrogens is 2. The standard InChI is InChI=1S/C16H18N4S/c1-20(9-11-4-2-5-12(8-11)15(17)21)16-13-6-3-7-14(13)18-10-19-16/h2,4-5,8,10H,3,6-7,9H2,1H3,(H2,17,21). The molecule has 0 unspecified atom stereocenters. The Labute approximate surface area is 130 Å². The van der Waals surface area contributed by atoms with E-state index in [1.807, 2.05) is 18.2 Å². The molecule has 5 heteroatoms. The fourth-order valence-corrected chi connectivity index (χ4v) is 2.97. The van der Waals surface area contributed by atoms with Gasteiger partial charge >= 0.3 is 0 Å². The number of hydrogen-bond donors (Lipinski definition) is 1. The van der Waals surface area contributed by atoms with E-state index >= 15 is 0 Å². The molecule has 1 aliphatic carbocycles. The van der Waals surface area contributed by atoms with Gasteiger partial charge in [-0.1, -0.05) is 30.4 Å². The molecule has 0 fully saturated rings. The highest BCUT2D eigenvalue weighted by molar-refractivity contribution is 7.80. The molecule has 3 rings (SSSR count). The summed E-state index contributed by atoms with van der Waals surface area (Å²) in [5.74, 6) is 1.04. The third-order valence-corrected chi connectivity index (χ3v) is 4.08. The van der Waals surface area contributed by atoms with Crippen LogP contribution in [0.25, 0.3) is 0 Å². The predicted octanol–water partition coefficient (Wildman–Crippen LogP) is 2.24.